The number of aromatic nitrogens is 3. The molecule has 84 valence electrons. The van der Waals surface area contributed by atoms with Gasteiger partial charge in [0.15, 0.2) is 0 Å². The highest BCUT2D eigenvalue weighted by Gasteiger charge is 1.98. The molecule has 0 aliphatic heterocycles. The number of rotatable bonds is 5. The first kappa shape index (κ1) is 10.5. The smallest absolute Gasteiger partial charge is 0.225 e. The molecule has 0 spiro atoms. The summed E-state index contributed by atoms with van der Waals surface area (Å²) in [6, 6.07) is 5.75. The van der Waals surface area contributed by atoms with E-state index < -0.39 is 0 Å². The predicted octanol–water partition coefficient (Wildman–Crippen LogP) is 1.47. The molecule has 5 heteroatoms. The SMILES string of the molecule is COc1ccnc(NCCc2ccc[nH]2)n1. The Hall–Kier alpha value is -2.04. The standard InChI is InChI=1S/C11H14N4O/c1-16-10-5-8-14-11(15-10)13-7-4-9-3-2-6-12-9/h2-3,5-6,8,12H,4,7H2,1H3,(H,13,14,15). The van der Waals surface area contributed by atoms with Crippen molar-refractivity contribution in [3.05, 3.63) is 36.3 Å². The van der Waals surface area contributed by atoms with Crippen molar-refractivity contribution >= 4 is 5.95 Å². The molecule has 2 aromatic rings. The van der Waals surface area contributed by atoms with Gasteiger partial charge in [-0.2, -0.15) is 4.98 Å². The molecule has 5 nitrogen and oxygen atoms in total. The summed E-state index contributed by atoms with van der Waals surface area (Å²) in [7, 11) is 1.59. The van der Waals surface area contributed by atoms with Gasteiger partial charge in [0, 0.05) is 37.1 Å². The van der Waals surface area contributed by atoms with Crippen LogP contribution in [0.15, 0.2) is 30.6 Å². The number of anilines is 1. The van der Waals surface area contributed by atoms with Gasteiger partial charge in [0.05, 0.1) is 7.11 Å². The third-order valence-electron chi connectivity index (χ3n) is 2.18. The molecule has 0 aliphatic rings. The molecule has 0 saturated heterocycles. The number of nitrogens with zero attached hydrogens (tertiary/aromatic N) is 2. The van der Waals surface area contributed by atoms with Crippen LogP contribution in [0.4, 0.5) is 5.95 Å². The zero-order chi connectivity index (χ0) is 11.2. The third kappa shape index (κ3) is 2.73. The molecule has 2 N–H and O–H groups in total. The summed E-state index contributed by atoms with van der Waals surface area (Å²) in [5.74, 6) is 1.16. The molecule has 0 fully saturated rings. The van der Waals surface area contributed by atoms with Gasteiger partial charge in [0.25, 0.3) is 0 Å². The molecule has 2 rings (SSSR count). The third-order valence-corrected chi connectivity index (χ3v) is 2.18. The second kappa shape index (κ2) is 5.16. The van der Waals surface area contributed by atoms with Gasteiger partial charge < -0.3 is 15.0 Å². The van der Waals surface area contributed by atoms with Crippen LogP contribution in [-0.4, -0.2) is 28.6 Å². The van der Waals surface area contributed by atoms with Gasteiger partial charge >= 0.3 is 0 Å². The number of hydrogen-bond donors (Lipinski definition) is 2. The molecule has 0 bridgehead atoms. The van der Waals surface area contributed by atoms with E-state index in [2.05, 4.69) is 20.3 Å². The largest absolute Gasteiger partial charge is 0.481 e. The molecule has 0 radical (unpaired) electrons. The number of methoxy groups -OCH3 is 1. The number of hydrogen-bond acceptors (Lipinski definition) is 4. The van der Waals surface area contributed by atoms with Gasteiger partial charge in [-0.3, -0.25) is 0 Å². The summed E-state index contributed by atoms with van der Waals surface area (Å²) < 4.78 is 5.01. The molecule has 0 atom stereocenters. The van der Waals surface area contributed by atoms with Crippen molar-refractivity contribution in [1.29, 1.82) is 0 Å². The van der Waals surface area contributed by atoms with Gasteiger partial charge in [-0.05, 0) is 12.1 Å². The second-order valence-electron chi connectivity index (χ2n) is 3.29. The van der Waals surface area contributed by atoms with E-state index in [0.29, 0.717) is 11.8 Å². The summed E-state index contributed by atoms with van der Waals surface area (Å²) in [6.07, 6.45) is 4.49. The zero-order valence-electron chi connectivity index (χ0n) is 9.10. The molecule has 0 amide bonds. The Morgan fingerprint density at radius 1 is 1.44 bits per heavy atom. The van der Waals surface area contributed by atoms with Crippen molar-refractivity contribution in [3.8, 4) is 5.88 Å². The average Bonchev–Trinajstić information content (AvgIpc) is 2.82. The van der Waals surface area contributed by atoms with Crippen LogP contribution in [0.1, 0.15) is 5.69 Å². The fraction of sp³-hybridized carbons (Fsp3) is 0.273. The Bertz CT molecular complexity index is 427. The van der Waals surface area contributed by atoms with Crippen LogP contribution in [0, 0.1) is 0 Å². The molecule has 2 heterocycles. The van der Waals surface area contributed by atoms with Gasteiger partial charge in [-0.1, -0.05) is 0 Å². The Balaban J connectivity index is 1.85. The summed E-state index contributed by atoms with van der Waals surface area (Å²) in [6.45, 7) is 0.785. The minimum Gasteiger partial charge on any atom is -0.481 e. The number of H-pyrrole nitrogens is 1. The van der Waals surface area contributed by atoms with Crippen LogP contribution in [0.5, 0.6) is 5.88 Å². The van der Waals surface area contributed by atoms with Crippen LogP contribution in [-0.2, 0) is 6.42 Å². The normalized spacial score (nSPS) is 10.1. The summed E-state index contributed by atoms with van der Waals surface area (Å²) in [5.41, 5.74) is 1.19. The van der Waals surface area contributed by atoms with E-state index in [0.717, 1.165) is 13.0 Å². The van der Waals surface area contributed by atoms with Crippen LogP contribution in [0.3, 0.4) is 0 Å². The maximum Gasteiger partial charge on any atom is 0.225 e. The van der Waals surface area contributed by atoms with E-state index in [9.17, 15) is 0 Å². The van der Waals surface area contributed by atoms with Gasteiger partial charge in [-0.25, -0.2) is 4.98 Å². The number of ether oxygens (including phenoxy) is 1. The van der Waals surface area contributed by atoms with Gasteiger partial charge in [-0.15, -0.1) is 0 Å². The van der Waals surface area contributed by atoms with Crippen LogP contribution in [0.2, 0.25) is 0 Å². The number of nitrogens with one attached hydrogen (secondary N) is 2. The minimum atomic E-state index is 0.567. The van der Waals surface area contributed by atoms with Gasteiger partial charge in [0.2, 0.25) is 11.8 Å². The lowest BCUT2D eigenvalue weighted by Crippen LogP contribution is -2.08. The lowest BCUT2D eigenvalue weighted by molar-refractivity contribution is 0.397. The summed E-state index contributed by atoms with van der Waals surface area (Å²) >= 11 is 0. The molecular formula is C11H14N4O. The highest BCUT2D eigenvalue weighted by atomic mass is 16.5. The molecule has 2 aromatic heterocycles. The Morgan fingerprint density at radius 2 is 2.38 bits per heavy atom. The van der Waals surface area contributed by atoms with Crippen molar-refractivity contribution in [2.24, 2.45) is 0 Å². The minimum absolute atomic E-state index is 0.567. The quantitative estimate of drug-likeness (QED) is 0.797. The van der Waals surface area contributed by atoms with E-state index in [1.54, 1.807) is 19.4 Å². The van der Waals surface area contributed by atoms with Gasteiger partial charge in [0.1, 0.15) is 0 Å². The predicted molar refractivity (Wildman–Crippen MR) is 61.6 cm³/mol. The fourth-order valence-electron chi connectivity index (χ4n) is 1.37. The summed E-state index contributed by atoms with van der Waals surface area (Å²) in [5, 5.41) is 3.14. The first-order valence-electron chi connectivity index (χ1n) is 5.11. The fourth-order valence-corrected chi connectivity index (χ4v) is 1.37. The van der Waals surface area contributed by atoms with E-state index in [1.165, 1.54) is 5.69 Å². The maximum atomic E-state index is 5.01. The molecule has 0 unspecified atom stereocenters. The Kier molecular flexibility index (Phi) is 3.38. The topological polar surface area (TPSA) is 62.8 Å². The lowest BCUT2D eigenvalue weighted by atomic mass is 10.3. The lowest BCUT2D eigenvalue weighted by Gasteiger charge is -2.04. The Labute approximate surface area is 93.9 Å². The zero-order valence-corrected chi connectivity index (χ0v) is 9.10. The van der Waals surface area contributed by atoms with Crippen molar-refractivity contribution < 1.29 is 4.74 Å². The van der Waals surface area contributed by atoms with Crippen LogP contribution >= 0.6 is 0 Å². The molecular weight excluding hydrogens is 204 g/mol. The van der Waals surface area contributed by atoms with Crippen molar-refractivity contribution in [2.75, 3.05) is 19.0 Å². The van der Waals surface area contributed by atoms with E-state index in [-0.39, 0.29) is 0 Å². The van der Waals surface area contributed by atoms with E-state index in [4.69, 9.17) is 4.74 Å². The van der Waals surface area contributed by atoms with E-state index in [1.807, 2.05) is 18.3 Å². The van der Waals surface area contributed by atoms with Crippen LogP contribution in [0.25, 0.3) is 0 Å². The molecule has 0 saturated carbocycles. The van der Waals surface area contributed by atoms with Crippen molar-refractivity contribution in [3.63, 3.8) is 0 Å². The summed E-state index contributed by atoms with van der Waals surface area (Å²) in [4.78, 5) is 11.4. The first-order valence-corrected chi connectivity index (χ1v) is 5.11. The Morgan fingerprint density at radius 3 is 3.12 bits per heavy atom. The molecule has 16 heavy (non-hydrogen) atoms. The van der Waals surface area contributed by atoms with Crippen molar-refractivity contribution in [2.45, 2.75) is 6.42 Å². The monoisotopic (exact) mass is 218 g/mol. The van der Waals surface area contributed by atoms with E-state index >= 15 is 0 Å². The average molecular weight is 218 g/mol. The maximum absolute atomic E-state index is 5.01. The first-order chi connectivity index (χ1) is 7.88. The van der Waals surface area contributed by atoms with Crippen LogP contribution < -0.4 is 10.1 Å². The highest BCUT2D eigenvalue weighted by Crippen LogP contribution is 2.07. The highest BCUT2D eigenvalue weighted by molar-refractivity contribution is 5.27. The molecule has 0 aromatic carbocycles. The second-order valence-corrected chi connectivity index (χ2v) is 3.29. The number of aromatic amines is 1. The van der Waals surface area contributed by atoms with Crippen molar-refractivity contribution in [1.82, 2.24) is 15.0 Å². The molecule has 0 aliphatic carbocycles.